The van der Waals surface area contributed by atoms with Gasteiger partial charge in [0.2, 0.25) is 11.8 Å². The molecule has 2 aromatic rings. The average molecular weight is 391 g/mol. The first-order chi connectivity index (χ1) is 12.4. The van der Waals surface area contributed by atoms with E-state index in [0.717, 1.165) is 16.0 Å². The molecule has 0 saturated carbocycles. The van der Waals surface area contributed by atoms with Crippen LogP contribution in [0, 0.1) is 6.92 Å². The second-order valence-electron chi connectivity index (χ2n) is 5.98. The maximum Gasteiger partial charge on any atom is 0.242 e. The Hall–Kier alpha value is -1.98. The van der Waals surface area contributed by atoms with Gasteiger partial charge in [-0.1, -0.05) is 35.9 Å². The van der Waals surface area contributed by atoms with E-state index in [4.69, 9.17) is 11.6 Å². The van der Waals surface area contributed by atoms with Crippen LogP contribution in [0.4, 0.5) is 0 Å². The highest BCUT2D eigenvalue weighted by atomic mass is 35.5. The van der Waals surface area contributed by atoms with Gasteiger partial charge in [-0.25, -0.2) is 0 Å². The smallest absolute Gasteiger partial charge is 0.242 e. The van der Waals surface area contributed by atoms with E-state index in [1.165, 1.54) is 11.8 Å². The Morgan fingerprint density at radius 2 is 1.81 bits per heavy atom. The summed E-state index contributed by atoms with van der Waals surface area (Å²) in [4.78, 5) is 27.6. The van der Waals surface area contributed by atoms with Crippen molar-refractivity contribution >= 4 is 35.2 Å². The Morgan fingerprint density at radius 1 is 1.15 bits per heavy atom. The van der Waals surface area contributed by atoms with Crippen molar-refractivity contribution in [1.82, 2.24) is 10.2 Å². The average Bonchev–Trinajstić information content (AvgIpc) is 2.65. The number of amides is 2. The molecule has 0 spiro atoms. The number of aryl methyl sites for hydroxylation is 1. The summed E-state index contributed by atoms with van der Waals surface area (Å²) in [6.07, 6.45) is 0. The van der Waals surface area contributed by atoms with Crippen molar-refractivity contribution < 1.29 is 9.59 Å². The third-order valence-electron chi connectivity index (χ3n) is 4.19. The lowest BCUT2D eigenvalue weighted by molar-refractivity contribution is -0.138. The first kappa shape index (κ1) is 20.3. The number of halogens is 1. The molecule has 1 atom stereocenters. The molecule has 2 aromatic carbocycles. The predicted molar refractivity (Wildman–Crippen MR) is 107 cm³/mol. The highest BCUT2D eigenvalue weighted by molar-refractivity contribution is 8.00. The van der Waals surface area contributed by atoms with Crippen molar-refractivity contribution in [3.63, 3.8) is 0 Å². The number of likely N-dealkylation sites (N-methyl/N-ethyl adjacent to an activating group) is 1. The number of hydrogen-bond donors (Lipinski definition) is 1. The summed E-state index contributed by atoms with van der Waals surface area (Å²) in [5.41, 5.74) is 2.13. The fourth-order valence-electron chi connectivity index (χ4n) is 2.52. The summed E-state index contributed by atoms with van der Waals surface area (Å²) in [5.74, 6) is 0.00205. The zero-order chi connectivity index (χ0) is 19.1. The largest absolute Gasteiger partial charge is 0.357 e. The van der Waals surface area contributed by atoms with Gasteiger partial charge in [0.25, 0.3) is 0 Å². The molecule has 26 heavy (non-hydrogen) atoms. The van der Waals surface area contributed by atoms with Gasteiger partial charge in [-0.05, 0) is 49.2 Å². The first-order valence-electron chi connectivity index (χ1n) is 8.36. The zero-order valence-electron chi connectivity index (χ0n) is 15.2. The van der Waals surface area contributed by atoms with Crippen LogP contribution in [0.2, 0.25) is 5.02 Å². The monoisotopic (exact) mass is 390 g/mol. The van der Waals surface area contributed by atoms with Crippen LogP contribution in [-0.2, 0) is 16.1 Å². The minimum absolute atomic E-state index is 0.0793. The molecule has 0 radical (unpaired) electrons. The van der Waals surface area contributed by atoms with Crippen LogP contribution >= 0.6 is 23.4 Å². The maximum atomic E-state index is 12.9. The maximum absolute atomic E-state index is 12.9. The van der Waals surface area contributed by atoms with E-state index in [9.17, 15) is 9.59 Å². The van der Waals surface area contributed by atoms with Crippen LogP contribution in [0.25, 0.3) is 0 Å². The van der Waals surface area contributed by atoms with Gasteiger partial charge in [0.1, 0.15) is 6.04 Å². The molecular weight excluding hydrogens is 368 g/mol. The van der Waals surface area contributed by atoms with Gasteiger partial charge < -0.3 is 10.2 Å². The van der Waals surface area contributed by atoms with Crippen LogP contribution in [0.1, 0.15) is 18.1 Å². The number of benzene rings is 2. The summed E-state index contributed by atoms with van der Waals surface area (Å²) < 4.78 is 0. The van der Waals surface area contributed by atoms with Gasteiger partial charge in [0.15, 0.2) is 0 Å². The Bertz CT molecular complexity index is 765. The number of carbonyl (C=O) groups is 2. The van der Waals surface area contributed by atoms with Crippen LogP contribution in [0.15, 0.2) is 53.4 Å². The number of thioether (sulfide) groups is 1. The molecule has 6 heteroatoms. The highest BCUT2D eigenvalue weighted by Gasteiger charge is 2.25. The molecule has 0 saturated heterocycles. The molecule has 0 aliphatic rings. The summed E-state index contributed by atoms with van der Waals surface area (Å²) in [6.45, 7) is 4.16. The molecule has 138 valence electrons. The molecular formula is C20H23ClN2O2S. The lowest BCUT2D eigenvalue weighted by Crippen LogP contribution is -2.47. The molecule has 0 aliphatic carbocycles. The molecule has 0 fully saturated rings. The summed E-state index contributed by atoms with van der Waals surface area (Å²) in [6, 6.07) is 14.7. The minimum atomic E-state index is -0.544. The van der Waals surface area contributed by atoms with Crippen molar-refractivity contribution in [2.75, 3.05) is 12.8 Å². The Kier molecular flexibility index (Phi) is 7.54. The molecule has 4 nitrogen and oxygen atoms in total. The highest BCUT2D eigenvalue weighted by Crippen LogP contribution is 2.22. The van der Waals surface area contributed by atoms with Gasteiger partial charge in [0.05, 0.1) is 5.75 Å². The SMILES string of the molecule is CNC(=O)[C@H](C)N(Cc1ccccc1C)C(=O)CSc1ccc(Cl)cc1. The lowest BCUT2D eigenvalue weighted by Gasteiger charge is -2.29. The number of nitrogens with zero attached hydrogens (tertiary/aromatic N) is 1. The van der Waals surface area contributed by atoms with Crippen LogP contribution < -0.4 is 5.32 Å². The predicted octanol–water partition coefficient (Wildman–Crippen LogP) is 3.90. The van der Waals surface area contributed by atoms with Crippen molar-refractivity contribution in [1.29, 1.82) is 0 Å². The fourth-order valence-corrected chi connectivity index (χ4v) is 3.43. The molecule has 0 heterocycles. The topological polar surface area (TPSA) is 49.4 Å². The molecule has 0 aliphatic heterocycles. The molecule has 0 bridgehead atoms. The summed E-state index contributed by atoms with van der Waals surface area (Å²) >= 11 is 7.33. The van der Waals surface area contributed by atoms with Gasteiger partial charge in [-0.2, -0.15) is 0 Å². The Balaban J connectivity index is 2.13. The Morgan fingerprint density at radius 3 is 2.42 bits per heavy atom. The van der Waals surface area contributed by atoms with Crippen molar-refractivity contribution in [2.24, 2.45) is 0 Å². The number of carbonyl (C=O) groups excluding carboxylic acids is 2. The second kappa shape index (κ2) is 9.64. The van der Waals surface area contributed by atoms with Gasteiger partial charge in [0, 0.05) is 23.5 Å². The molecule has 0 aromatic heterocycles. The molecule has 1 N–H and O–H groups in total. The van der Waals surface area contributed by atoms with Gasteiger partial charge >= 0.3 is 0 Å². The van der Waals surface area contributed by atoms with Crippen LogP contribution in [0.5, 0.6) is 0 Å². The summed E-state index contributed by atoms with van der Waals surface area (Å²) in [7, 11) is 1.58. The second-order valence-corrected chi connectivity index (χ2v) is 7.47. The van der Waals surface area contributed by atoms with Crippen molar-refractivity contribution in [3.8, 4) is 0 Å². The third kappa shape index (κ3) is 5.51. The van der Waals surface area contributed by atoms with E-state index in [2.05, 4.69) is 5.32 Å². The number of hydrogen-bond acceptors (Lipinski definition) is 3. The quantitative estimate of drug-likeness (QED) is 0.729. The number of nitrogens with one attached hydrogen (secondary N) is 1. The van der Waals surface area contributed by atoms with Gasteiger partial charge in [-0.15, -0.1) is 11.8 Å². The van der Waals surface area contributed by atoms with Crippen LogP contribution in [0.3, 0.4) is 0 Å². The zero-order valence-corrected chi connectivity index (χ0v) is 16.7. The molecule has 0 unspecified atom stereocenters. The Labute approximate surface area is 163 Å². The summed E-state index contributed by atoms with van der Waals surface area (Å²) in [5, 5.41) is 3.29. The van der Waals surface area contributed by atoms with Crippen molar-refractivity contribution in [2.45, 2.75) is 31.3 Å². The standard InChI is InChI=1S/C20H23ClN2O2S/c1-14-6-4-5-7-16(14)12-23(15(2)20(25)22-3)19(24)13-26-18-10-8-17(21)9-11-18/h4-11,15H,12-13H2,1-3H3,(H,22,25)/t15-/m0/s1. The lowest BCUT2D eigenvalue weighted by atomic mass is 10.1. The van der Waals surface area contributed by atoms with E-state index >= 15 is 0 Å². The van der Waals surface area contributed by atoms with E-state index in [1.807, 2.05) is 43.3 Å². The van der Waals surface area contributed by atoms with E-state index < -0.39 is 6.04 Å². The van der Waals surface area contributed by atoms with E-state index in [-0.39, 0.29) is 17.6 Å². The molecule has 2 amide bonds. The first-order valence-corrected chi connectivity index (χ1v) is 9.72. The minimum Gasteiger partial charge on any atom is -0.357 e. The number of rotatable bonds is 7. The fraction of sp³-hybridized carbons (Fsp3) is 0.300. The van der Waals surface area contributed by atoms with E-state index in [1.54, 1.807) is 31.0 Å². The normalized spacial score (nSPS) is 11.7. The van der Waals surface area contributed by atoms with E-state index in [0.29, 0.717) is 11.6 Å². The third-order valence-corrected chi connectivity index (χ3v) is 5.44. The van der Waals surface area contributed by atoms with Gasteiger partial charge in [-0.3, -0.25) is 9.59 Å². The molecule has 2 rings (SSSR count). The van der Waals surface area contributed by atoms with Crippen molar-refractivity contribution in [3.05, 3.63) is 64.7 Å². The van der Waals surface area contributed by atoms with Crippen LogP contribution in [-0.4, -0.2) is 35.6 Å².